The number of likely N-dealkylation sites (tertiary alicyclic amines) is 2. The number of nitrogens with one attached hydrogen (secondary N) is 1. The molecule has 0 saturated carbocycles. The van der Waals surface area contributed by atoms with Crippen LogP contribution in [0.4, 0.5) is 0 Å². The molecule has 2 aliphatic heterocycles. The maximum atomic E-state index is 14.4. The lowest BCUT2D eigenvalue weighted by molar-refractivity contribution is 0.120. The molecule has 3 atom stereocenters. The van der Waals surface area contributed by atoms with E-state index in [2.05, 4.69) is 152 Å². The van der Waals surface area contributed by atoms with Gasteiger partial charge in [0.1, 0.15) is 16.1 Å². The Morgan fingerprint density at radius 2 is 1.22 bits per heavy atom. The van der Waals surface area contributed by atoms with E-state index in [1.54, 1.807) is 0 Å². The van der Waals surface area contributed by atoms with E-state index in [0.29, 0.717) is 6.42 Å². The van der Waals surface area contributed by atoms with Crippen LogP contribution in [-0.2, 0) is 65.9 Å². The first-order chi connectivity index (χ1) is 27.8. The van der Waals surface area contributed by atoms with Gasteiger partial charge in [0, 0.05) is 41.7 Å². The van der Waals surface area contributed by atoms with Crippen LogP contribution >= 0.6 is 0 Å². The Labute approximate surface area is 354 Å². The second-order valence-corrected chi connectivity index (χ2v) is 23.0. The Morgan fingerprint density at radius 1 is 0.655 bits per heavy atom. The molecular weight excluding hydrogens is 753 g/mol. The molecule has 2 heterocycles. The highest BCUT2D eigenvalue weighted by atomic mass is 32.2. The fourth-order valence-electron chi connectivity index (χ4n) is 10.5. The zero-order chi connectivity index (χ0) is 40.5. The van der Waals surface area contributed by atoms with Crippen LogP contribution in [0.2, 0.25) is 0 Å². The number of piperidine rings is 2. The molecule has 2 spiro atoms. The molecular formula is C50H64N4O2S2. The Morgan fingerprint density at radius 3 is 1.91 bits per heavy atom. The summed E-state index contributed by atoms with van der Waals surface area (Å²) in [5.74, 6) is 0. The van der Waals surface area contributed by atoms with Gasteiger partial charge >= 0.3 is 0 Å². The van der Waals surface area contributed by atoms with E-state index >= 15 is 0 Å². The molecule has 0 aromatic heterocycles. The highest BCUT2D eigenvalue weighted by Gasteiger charge is 2.49. The second kappa shape index (κ2) is 17.2. The van der Waals surface area contributed by atoms with Crippen LogP contribution in [0.25, 0.3) is 0 Å². The number of fused-ring (bicyclic) bond motifs is 4. The minimum Gasteiger partial charge on any atom is -0.598 e. The molecule has 0 radical (unpaired) electrons. The van der Waals surface area contributed by atoms with Gasteiger partial charge in [-0.15, -0.1) is 4.72 Å². The van der Waals surface area contributed by atoms with Crippen LogP contribution in [0.5, 0.6) is 0 Å². The van der Waals surface area contributed by atoms with Crippen molar-refractivity contribution in [3.63, 3.8) is 0 Å². The minimum absolute atomic E-state index is 0.0120. The molecule has 4 aromatic carbocycles. The summed E-state index contributed by atoms with van der Waals surface area (Å²) in [6.07, 6.45) is 8.70. The summed E-state index contributed by atoms with van der Waals surface area (Å²) < 4.78 is 35.9. The molecule has 58 heavy (non-hydrogen) atoms. The van der Waals surface area contributed by atoms with Gasteiger partial charge in [-0.1, -0.05) is 108 Å². The number of nitrogens with zero attached hydrogens (tertiary/aromatic N) is 3. The van der Waals surface area contributed by atoms with Crippen LogP contribution in [0, 0.1) is 0 Å². The largest absolute Gasteiger partial charge is 0.598 e. The summed E-state index contributed by atoms with van der Waals surface area (Å²) in [6.45, 7) is 16.3. The lowest BCUT2D eigenvalue weighted by atomic mass is 9.62. The minimum atomic E-state index is -1.39. The maximum Gasteiger partial charge on any atom is 0.151 e. The number of hydrogen-bond donors (Lipinski definition) is 1. The molecule has 2 fully saturated rings. The van der Waals surface area contributed by atoms with Crippen molar-refractivity contribution in [1.82, 2.24) is 14.5 Å². The van der Waals surface area contributed by atoms with E-state index in [-0.39, 0.29) is 21.6 Å². The predicted octanol–water partition coefficient (Wildman–Crippen LogP) is 9.19. The first kappa shape index (κ1) is 41.8. The molecule has 0 amide bonds. The molecule has 4 aliphatic rings. The number of rotatable bonds is 10. The van der Waals surface area contributed by atoms with E-state index in [9.17, 15) is 9.11 Å². The molecule has 8 rings (SSSR count). The second-order valence-electron chi connectivity index (χ2n) is 19.2. The molecule has 308 valence electrons. The number of aryl methyl sites for hydroxylation is 2. The summed E-state index contributed by atoms with van der Waals surface area (Å²) in [7, 11) is 0. The monoisotopic (exact) mass is 816 g/mol. The van der Waals surface area contributed by atoms with Gasteiger partial charge in [-0.2, -0.15) is 0 Å². The zero-order valence-electron chi connectivity index (χ0n) is 35.5. The Balaban J connectivity index is 0.941. The van der Waals surface area contributed by atoms with Crippen molar-refractivity contribution >= 4 is 28.4 Å². The van der Waals surface area contributed by atoms with Crippen molar-refractivity contribution in [1.29, 1.82) is 0 Å². The quantitative estimate of drug-likeness (QED) is 0.162. The van der Waals surface area contributed by atoms with E-state index in [4.69, 9.17) is 4.40 Å². The molecule has 2 aliphatic carbocycles. The van der Waals surface area contributed by atoms with E-state index < -0.39 is 27.5 Å². The van der Waals surface area contributed by atoms with Crippen LogP contribution in [-0.4, -0.2) is 66.3 Å². The normalized spacial score (nSPS) is 22.7. The summed E-state index contributed by atoms with van der Waals surface area (Å²) in [4.78, 5) is 5.17. The fraction of sp³-hybridized carbons (Fsp3) is 0.500. The summed E-state index contributed by atoms with van der Waals surface area (Å²) in [5.41, 5.74) is 10.6. The third-order valence-electron chi connectivity index (χ3n) is 13.8. The molecule has 0 bridgehead atoms. The maximum absolute atomic E-state index is 14.4. The zero-order valence-corrected chi connectivity index (χ0v) is 37.1. The van der Waals surface area contributed by atoms with Gasteiger partial charge in [0.05, 0.1) is 11.8 Å². The van der Waals surface area contributed by atoms with Gasteiger partial charge in [0.2, 0.25) is 0 Å². The van der Waals surface area contributed by atoms with Crippen LogP contribution in [0.15, 0.2) is 108 Å². The standard InChI is InChI=1S/C50H64N4O2S2/c1-47(2,3)57(55)51-45-24-22-41-18-9-11-20-43(41)49(45)28-32-54(33-29-49)37-40-17-13-16-39(34-40)35-48(4,5)58(56)52-46-25-23-42-19-10-12-21-44(42)50(46)26-30-53(31-27-50)36-38-14-7-6-8-15-38/h6-21,34,45,51H,22-33,35-37H2,1-5H3/b52-46+/t45-,57-,58-/m1/s1. The van der Waals surface area contributed by atoms with Crippen molar-refractivity contribution in [2.75, 3.05) is 26.2 Å². The Kier molecular flexibility index (Phi) is 12.4. The van der Waals surface area contributed by atoms with Crippen molar-refractivity contribution in [3.8, 4) is 0 Å². The average molecular weight is 817 g/mol. The lowest BCUT2D eigenvalue weighted by Gasteiger charge is -2.50. The average Bonchev–Trinajstić information content (AvgIpc) is 3.22. The van der Waals surface area contributed by atoms with Gasteiger partial charge in [-0.05, 0) is 151 Å². The lowest BCUT2D eigenvalue weighted by Crippen LogP contribution is -2.59. The SMILES string of the molecule is CC(C)(C)[S@@+]([O-])N[C@@H]1CCc2ccccc2C12CCN(Cc1cccc(CC(C)(C)[S@@+]([O-])/N=C3\CCc4ccccc4C34CCN(Cc3ccccc3)CC4)c1)CC2. The predicted molar refractivity (Wildman–Crippen MR) is 243 cm³/mol. The third kappa shape index (κ3) is 8.77. The molecule has 2 saturated heterocycles. The van der Waals surface area contributed by atoms with Crippen molar-refractivity contribution in [3.05, 3.63) is 142 Å². The molecule has 8 heteroatoms. The summed E-state index contributed by atoms with van der Waals surface area (Å²) in [6, 6.07) is 37.9. The Hall–Kier alpha value is -2.95. The third-order valence-corrected chi connectivity index (χ3v) is 16.9. The number of hydrogen-bond acceptors (Lipinski definition) is 6. The molecule has 0 unspecified atom stereocenters. The molecule has 1 N–H and O–H groups in total. The summed E-state index contributed by atoms with van der Waals surface area (Å²) >= 11 is -2.50. The van der Waals surface area contributed by atoms with Crippen molar-refractivity contribution < 1.29 is 9.11 Å². The fourth-order valence-corrected chi connectivity index (χ4v) is 12.5. The van der Waals surface area contributed by atoms with Gasteiger partial charge in [0.15, 0.2) is 4.75 Å². The van der Waals surface area contributed by atoms with Gasteiger partial charge < -0.3 is 9.11 Å². The van der Waals surface area contributed by atoms with Crippen LogP contribution in [0.1, 0.15) is 112 Å². The first-order valence-corrected chi connectivity index (χ1v) is 24.0. The highest BCUT2D eigenvalue weighted by Crippen LogP contribution is 2.47. The molecule has 6 nitrogen and oxygen atoms in total. The van der Waals surface area contributed by atoms with Crippen LogP contribution < -0.4 is 4.72 Å². The first-order valence-electron chi connectivity index (χ1n) is 21.8. The van der Waals surface area contributed by atoms with E-state index in [1.165, 1.54) is 38.9 Å². The van der Waals surface area contributed by atoms with Crippen molar-refractivity contribution in [2.24, 2.45) is 4.40 Å². The molecule has 4 aromatic rings. The Bertz CT molecular complexity index is 2050. The smallest absolute Gasteiger partial charge is 0.151 e. The van der Waals surface area contributed by atoms with Gasteiger partial charge in [-0.25, -0.2) is 0 Å². The van der Waals surface area contributed by atoms with Gasteiger partial charge in [0.25, 0.3) is 0 Å². The van der Waals surface area contributed by atoms with Crippen molar-refractivity contribution in [2.45, 2.75) is 132 Å². The van der Waals surface area contributed by atoms with E-state index in [0.717, 1.165) is 96.3 Å². The van der Waals surface area contributed by atoms with E-state index in [1.807, 2.05) is 0 Å². The summed E-state index contributed by atoms with van der Waals surface area (Å²) in [5, 5.41) is 0. The number of benzene rings is 4. The van der Waals surface area contributed by atoms with Crippen LogP contribution in [0.3, 0.4) is 0 Å². The van der Waals surface area contributed by atoms with Gasteiger partial charge in [-0.3, -0.25) is 9.80 Å². The highest BCUT2D eigenvalue weighted by molar-refractivity contribution is 7.91. The topological polar surface area (TPSA) is 77.0 Å².